The van der Waals surface area contributed by atoms with E-state index in [9.17, 15) is 4.79 Å². The number of nitrogens with zero attached hydrogens (tertiary/aromatic N) is 2. The highest BCUT2D eigenvalue weighted by Crippen LogP contribution is 2.19. The zero-order valence-corrected chi connectivity index (χ0v) is 18.2. The highest BCUT2D eigenvalue weighted by Gasteiger charge is 2.07. The Balaban J connectivity index is 1.75. The fourth-order valence-electron chi connectivity index (χ4n) is 3.33. The second-order valence-electron chi connectivity index (χ2n) is 7.74. The van der Waals surface area contributed by atoms with Crippen LogP contribution in [-0.2, 0) is 11.2 Å². The van der Waals surface area contributed by atoms with E-state index < -0.39 is 0 Å². The van der Waals surface area contributed by atoms with Gasteiger partial charge in [0.05, 0.1) is 12.4 Å². The van der Waals surface area contributed by atoms with Crippen molar-refractivity contribution in [3.05, 3.63) is 42.2 Å². The van der Waals surface area contributed by atoms with Gasteiger partial charge in [-0.05, 0) is 24.8 Å². The summed E-state index contributed by atoms with van der Waals surface area (Å²) in [5.41, 5.74) is 2.34. The number of benzene rings is 1. The molecule has 0 aliphatic carbocycles. The van der Waals surface area contributed by atoms with Crippen LogP contribution in [0.5, 0.6) is 5.75 Å². The van der Waals surface area contributed by atoms with Gasteiger partial charge in [0.1, 0.15) is 0 Å². The average molecular weight is 397 g/mol. The van der Waals surface area contributed by atoms with Crippen LogP contribution < -0.4 is 4.74 Å². The molecule has 1 heterocycles. The van der Waals surface area contributed by atoms with Crippen LogP contribution in [0.15, 0.2) is 36.7 Å². The number of carbonyl (C=O) groups excluding carboxylic acids is 1. The van der Waals surface area contributed by atoms with Crippen molar-refractivity contribution in [2.75, 3.05) is 0 Å². The van der Waals surface area contributed by atoms with Crippen molar-refractivity contribution in [3.8, 4) is 17.1 Å². The van der Waals surface area contributed by atoms with Crippen molar-refractivity contribution in [2.24, 2.45) is 0 Å². The fourth-order valence-corrected chi connectivity index (χ4v) is 3.33. The lowest BCUT2D eigenvalue weighted by molar-refractivity contribution is -0.134. The van der Waals surface area contributed by atoms with E-state index in [0.717, 1.165) is 31.2 Å². The second-order valence-corrected chi connectivity index (χ2v) is 7.74. The Bertz CT molecular complexity index is 696. The maximum Gasteiger partial charge on any atom is 0.311 e. The standard InChI is InChI=1S/C25H36N2O2/c1-3-5-7-8-9-10-12-13-21-15-17-22(18-16-21)25-26-19-23(20-27-25)29-24(28)14-11-6-4-2/h15-20H,3-14H2,1-2H3. The van der Waals surface area contributed by atoms with E-state index in [4.69, 9.17) is 4.74 Å². The molecule has 0 aliphatic heterocycles. The molecule has 0 atom stereocenters. The summed E-state index contributed by atoms with van der Waals surface area (Å²) in [6.07, 6.45) is 17.0. The van der Waals surface area contributed by atoms with Gasteiger partial charge >= 0.3 is 5.97 Å². The molecule has 0 saturated carbocycles. The summed E-state index contributed by atoms with van der Waals surface area (Å²) < 4.78 is 5.29. The van der Waals surface area contributed by atoms with Gasteiger partial charge in [0, 0.05) is 12.0 Å². The zero-order chi connectivity index (χ0) is 20.7. The molecular weight excluding hydrogens is 360 g/mol. The lowest BCUT2D eigenvalue weighted by Gasteiger charge is -2.06. The van der Waals surface area contributed by atoms with Crippen LogP contribution in [0.3, 0.4) is 0 Å². The van der Waals surface area contributed by atoms with Crippen molar-refractivity contribution >= 4 is 5.97 Å². The average Bonchev–Trinajstić information content (AvgIpc) is 2.74. The molecule has 1 aromatic carbocycles. The predicted octanol–water partition coefficient (Wildman–Crippen LogP) is 6.92. The minimum absolute atomic E-state index is 0.218. The first-order chi connectivity index (χ1) is 14.2. The highest BCUT2D eigenvalue weighted by molar-refractivity contribution is 5.72. The van der Waals surface area contributed by atoms with Crippen LogP contribution in [-0.4, -0.2) is 15.9 Å². The number of aromatic nitrogens is 2. The van der Waals surface area contributed by atoms with E-state index in [2.05, 4.69) is 48.1 Å². The number of aryl methyl sites for hydroxylation is 1. The maximum atomic E-state index is 11.8. The first-order valence-corrected chi connectivity index (χ1v) is 11.3. The Morgan fingerprint density at radius 2 is 1.38 bits per heavy atom. The highest BCUT2D eigenvalue weighted by atomic mass is 16.5. The molecule has 158 valence electrons. The van der Waals surface area contributed by atoms with E-state index in [1.54, 1.807) is 12.4 Å². The molecular formula is C25H36N2O2. The lowest BCUT2D eigenvalue weighted by Crippen LogP contribution is -2.08. The van der Waals surface area contributed by atoms with E-state index >= 15 is 0 Å². The molecule has 2 rings (SSSR count). The molecule has 4 nitrogen and oxygen atoms in total. The first-order valence-electron chi connectivity index (χ1n) is 11.3. The summed E-state index contributed by atoms with van der Waals surface area (Å²) >= 11 is 0. The van der Waals surface area contributed by atoms with Crippen molar-refractivity contribution in [2.45, 2.75) is 90.9 Å². The van der Waals surface area contributed by atoms with E-state index in [1.165, 1.54) is 50.5 Å². The fraction of sp³-hybridized carbons (Fsp3) is 0.560. The van der Waals surface area contributed by atoms with Crippen LogP contribution >= 0.6 is 0 Å². The van der Waals surface area contributed by atoms with Crippen molar-refractivity contribution in [3.63, 3.8) is 0 Å². The molecule has 0 spiro atoms. The summed E-state index contributed by atoms with van der Waals surface area (Å²) in [6, 6.07) is 8.47. The number of carbonyl (C=O) groups is 1. The summed E-state index contributed by atoms with van der Waals surface area (Å²) in [4.78, 5) is 20.5. The van der Waals surface area contributed by atoms with Crippen LogP contribution in [0.2, 0.25) is 0 Å². The van der Waals surface area contributed by atoms with Crippen molar-refractivity contribution in [1.82, 2.24) is 9.97 Å². The third-order valence-electron chi connectivity index (χ3n) is 5.13. The zero-order valence-electron chi connectivity index (χ0n) is 18.2. The third kappa shape index (κ3) is 9.21. The van der Waals surface area contributed by atoms with Gasteiger partial charge in [0.15, 0.2) is 11.6 Å². The number of rotatable bonds is 14. The summed E-state index contributed by atoms with van der Waals surface area (Å²) in [7, 11) is 0. The predicted molar refractivity (Wildman–Crippen MR) is 119 cm³/mol. The topological polar surface area (TPSA) is 52.1 Å². The molecule has 0 amide bonds. The minimum Gasteiger partial charge on any atom is -0.423 e. The van der Waals surface area contributed by atoms with Gasteiger partial charge in [0.25, 0.3) is 0 Å². The van der Waals surface area contributed by atoms with Gasteiger partial charge in [-0.1, -0.05) is 89.5 Å². The van der Waals surface area contributed by atoms with Gasteiger partial charge in [-0.3, -0.25) is 4.79 Å². The Hall–Kier alpha value is -2.23. The minimum atomic E-state index is -0.218. The Morgan fingerprint density at radius 1 is 0.793 bits per heavy atom. The summed E-state index contributed by atoms with van der Waals surface area (Å²) in [6.45, 7) is 4.37. The van der Waals surface area contributed by atoms with Gasteiger partial charge in [-0.2, -0.15) is 0 Å². The van der Waals surface area contributed by atoms with Gasteiger partial charge in [-0.25, -0.2) is 9.97 Å². The Kier molecular flexibility index (Phi) is 11.0. The van der Waals surface area contributed by atoms with E-state index in [-0.39, 0.29) is 5.97 Å². The summed E-state index contributed by atoms with van der Waals surface area (Å²) in [5, 5.41) is 0. The number of hydrogen-bond acceptors (Lipinski definition) is 4. The van der Waals surface area contributed by atoms with Crippen molar-refractivity contribution < 1.29 is 9.53 Å². The quantitative estimate of drug-likeness (QED) is 0.257. The lowest BCUT2D eigenvalue weighted by atomic mass is 10.0. The number of unbranched alkanes of at least 4 members (excludes halogenated alkanes) is 8. The van der Waals surface area contributed by atoms with Gasteiger partial charge in [0.2, 0.25) is 0 Å². The molecule has 0 N–H and O–H groups in total. The Morgan fingerprint density at radius 3 is 2.03 bits per heavy atom. The molecule has 0 bridgehead atoms. The maximum absolute atomic E-state index is 11.8. The van der Waals surface area contributed by atoms with Crippen LogP contribution in [0.1, 0.15) is 90.0 Å². The SMILES string of the molecule is CCCCCCCCCc1ccc(-c2ncc(OC(=O)CCCCC)cn2)cc1. The summed E-state index contributed by atoms with van der Waals surface area (Å²) in [5.74, 6) is 0.841. The van der Waals surface area contributed by atoms with Gasteiger partial charge < -0.3 is 4.74 Å². The largest absolute Gasteiger partial charge is 0.423 e. The van der Waals surface area contributed by atoms with Gasteiger partial charge in [-0.15, -0.1) is 0 Å². The molecule has 29 heavy (non-hydrogen) atoms. The number of hydrogen-bond donors (Lipinski definition) is 0. The second kappa shape index (κ2) is 13.9. The number of esters is 1. The molecule has 2 aromatic rings. The van der Waals surface area contributed by atoms with E-state index in [0.29, 0.717) is 18.0 Å². The molecule has 0 radical (unpaired) electrons. The third-order valence-corrected chi connectivity index (χ3v) is 5.13. The molecule has 0 saturated heterocycles. The molecule has 0 aliphatic rings. The smallest absolute Gasteiger partial charge is 0.311 e. The van der Waals surface area contributed by atoms with Crippen molar-refractivity contribution in [1.29, 1.82) is 0 Å². The molecule has 4 heteroatoms. The van der Waals surface area contributed by atoms with Crippen LogP contribution in [0.25, 0.3) is 11.4 Å². The molecule has 0 unspecified atom stereocenters. The number of ether oxygens (including phenoxy) is 1. The van der Waals surface area contributed by atoms with Crippen LogP contribution in [0, 0.1) is 0 Å². The monoisotopic (exact) mass is 396 g/mol. The molecule has 1 aromatic heterocycles. The normalized spacial score (nSPS) is 10.8. The Labute approximate surface area is 176 Å². The van der Waals surface area contributed by atoms with Crippen LogP contribution in [0.4, 0.5) is 0 Å². The first kappa shape index (κ1) is 23.1. The molecule has 0 fully saturated rings. The van der Waals surface area contributed by atoms with E-state index in [1.807, 2.05) is 0 Å².